The summed E-state index contributed by atoms with van der Waals surface area (Å²) in [6.07, 6.45) is 2.81. The van der Waals surface area contributed by atoms with E-state index in [1.54, 1.807) is 0 Å². The van der Waals surface area contributed by atoms with E-state index in [1.165, 1.54) is 11.1 Å². The molecule has 0 spiro atoms. The molecule has 0 N–H and O–H groups in total. The molecule has 0 aliphatic rings. The van der Waals surface area contributed by atoms with Crippen molar-refractivity contribution in [3.05, 3.63) is 71.8 Å². The van der Waals surface area contributed by atoms with Crippen molar-refractivity contribution in [2.45, 2.75) is 29.6 Å². The van der Waals surface area contributed by atoms with Crippen LogP contribution < -0.4 is 0 Å². The fraction of sp³-hybridized carbons (Fsp3) is 0.316. The molecule has 0 heterocycles. The molecule has 116 valence electrons. The third kappa shape index (κ3) is 6.71. The van der Waals surface area contributed by atoms with Gasteiger partial charge in [0, 0.05) is 23.2 Å². The Morgan fingerprint density at radius 3 is 2.05 bits per heavy atom. The lowest BCUT2D eigenvalue weighted by atomic mass is 10.2. The maximum atomic E-state index is 10.9. The molecule has 0 amide bonds. The number of carbonyl (C=O) groups excluding carboxylic acids is 1. The second kappa shape index (κ2) is 10.5. The first-order valence-electron chi connectivity index (χ1n) is 7.59. The van der Waals surface area contributed by atoms with Gasteiger partial charge < -0.3 is 4.79 Å². The highest BCUT2D eigenvalue weighted by Crippen LogP contribution is 2.24. The van der Waals surface area contributed by atoms with Crippen molar-refractivity contribution in [3.63, 3.8) is 0 Å². The third-order valence-corrected chi connectivity index (χ3v) is 5.84. The van der Waals surface area contributed by atoms with Gasteiger partial charge in [-0.15, -0.1) is 0 Å². The normalized spacial score (nSPS) is 12.0. The van der Waals surface area contributed by atoms with Gasteiger partial charge in [0.2, 0.25) is 0 Å². The second-order valence-electron chi connectivity index (χ2n) is 5.15. The Morgan fingerprint density at radius 2 is 1.45 bits per heavy atom. The summed E-state index contributed by atoms with van der Waals surface area (Å²) in [6.45, 7) is 0. The molecular weight excluding hydrogens is 308 g/mol. The summed E-state index contributed by atoms with van der Waals surface area (Å²) >= 11 is 3.85. The van der Waals surface area contributed by atoms with Gasteiger partial charge in [-0.1, -0.05) is 60.7 Å². The van der Waals surface area contributed by atoms with Crippen LogP contribution in [0.25, 0.3) is 0 Å². The van der Waals surface area contributed by atoms with Crippen molar-refractivity contribution >= 4 is 29.8 Å². The fourth-order valence-corrected chi connectivity index (χ4v) is 4.44. The van der Waals surface area contributed by atoms with Gasteiger partial charge in [-0.3, -0.25) is 0 Å². The molecule has 22 heavy (non-hydrogen) atoms. The molecule has 1 nitrogen and oxygen atoms in total. The first-order valence-corrected chi connectivity index (χ1v) is 9.79. The highest BCUT2D eigenvalue weighted by atomic mass is 32.2. The summed E-state index contributed by atoms with van der Waals surface area (Å²) in [4.78, 5) is 10.9. The standard InChI is InChI=1S/C19H22OS2/c20-13-11-19(22-16-18-9-5-2-6-10-18)12-14-21-15-17-7-3-1-4-8-17/h1-10,13,19H,11-12,14-16H2/t19-/m1/s1. The van der Waals surface area contributed by atoms with Gasteiger partial charge in [-0.25, -0.2) is 0 Å². The van der Waals surface area contributed by atoms with Crippen LogP contribution in [0.3, 0.4) is 0 Å². The lowest BCUT2D eigenvalue weighted by Gasteiger charge is -2.13. The molecule has 0 unspecified atom stereocenters. The van der Waals surface area contributed by atoms with Crippen molar-refractivity contribution in [1.29, 1.82) is 0 Å². The van der Waals surface area contributed by atoms with Crippen LogP contribution >= 0.6 is 23.5 Å². The zero-order valence-corrected chi connectivity index (χ0v) is 14.3. The monoisotopic (exact) mass is 330 g/mol. The van der Waals surface area contributed by atoms with Crippen LogP contribution in [-0.2, 0) is 16.3 Å². The summed E-state index contributed by atoms with van der Waals surface area (Å²) in [7, 11) is 0. The van der Waals surface area contributed by atoms with Gasteiger partial charge in [0.15, 0.2) is 0 Å². The molecule has 0 aromatic heterocycles. The highest BCUT2D eigenvalue weighted by Gasteiger charge is 2.09. The number of benzene rings is 2. The third-order valence-electron chi connectivity index (χ3n) is 3.38. The molecule has 0 fully saturated rings. The van der Waals surface area contributed by atoms with Crippen LogP contribution in [0.15, 0.2) is 60.7 Å². The Labute approximate surface area is 141 Å². The number of hydrogen-bond acceptors (Lipinski definition) is 3. The van der Waals surface area contributed by atoms with E-state index in [2.05, 4.69) is 54.6 Å². The molecule has 0 aliphatic heterocycles. The molecule has 0 saturated carbocycles. The minimum Gasteiger partial charge on any atom is -0.303 e. The van der Waals surface area contributed by atoms with Gasteiger partial charge in [-0.05, 0) is 23.3 Å². The van der Waals surface area contributed by atoms with Gasteiger partial charge in [0.05, 0.1) is 0 Å². The van der Waals surface area contributed by atoms with Crippen molar-refractivity contribution in [1.82, 2.24) is 0 Å². The van der Waals surface area contributed by atoms with Crippen molar-refractivity contribution < 1.29 is 4.79 Å². The molecule has 3 heteroatoms. The van der Waals surface area contributed by atoms with E-state index >= 15 is 0 Å². The van der Waals surface area contributed by atoms with Gasteiger partial charge in [0.25, 0.3) is 0 Å². The number of carbonyl (C=O) groups is 1. The highest BCUT2D eigenvalue weighted by molar-refractivity contribution is 7.99. The summed E-state index contributed by atoms with van der Waals surface area (Å²) in [6, 6.07) is 21.0. The van der Waals surface area contributed by atoms with Crippen LogP contribution in [0.1, 0.15) is 24.0 Å². The lowest BCUT2D eigenvalue weighted by Crippen LogP contribution is -2.06. The molecular formula is C19H22OS2. The smallest absolute Gasteiger partial charge is 0.121 e. The summed E-state index contributed by atoms with van der Waals surface area (Å²) in [5, 5.41) is 0.431. The van der Waals surface area contributed by atoms with Gasteiger partial charge in [0.1, 0.15) is 6.29 Å². The molecule has 2 aromatic carbocycles. The van der Waals surface area contributed by atoms with E-state index in [0.717, 1.165) is 30.0 Å². The maximum absolute atomic E-state index is 10.9. The number of thioether (sulfide) groups is 2. The van der Waals surface area contributed by atoms with E-state index in [-0.39, 0.29) is 0 Å². The largest absolute Gasteiger partial charge is 0.303 e. The van der Waals surface area contributed by atoms with Crippen LogP contribution in [0.4, 0.5) is 0 Å². The van der Waals surface area contributed by atoms with Crippen molar-refractivity contribution in [3.8, 4) is 0 Å². The molecule has 1 atom stereocenters. The van der Waals surface area contributed by atoms with E-state index in [9.17, 15) is 4.79 Å². The van der Waals surface area contributed by atoms with E-state index < -0.39 is 0 Å². The van der Waals surface area contributed by atoms with Gasteiger partial charge >= 0.3 is 0 Å². The lowest BCUT2D eigenvalue weighted by molar-refractivity contribution is -0.107. The molecule has 0 radical (unpaired) electrons. The van der Waals surface area contributed by atoms with Crippen molar-refractivity contribution in [2.75, 3.05) is 5.75 Å². The van der Waals surface area contributed by atoms with Crippen LogP contribution in [0, 0.1) is 0 Å². The minimum absolute atomic E-state index is 0.431. The predicted octanol–water partition coefficient (Wildman–Crippen LogP) is 5.20. The molecule has 2 rings (SSSR count). The van der Waals surface area contributed by atoms with Crippen LogP contribution in [-0.4, -0.2) is 17.3 Å². The summed E-state index contributed by atoms with van der Waals surface area (Å²) in [5.74, 6) is 3.15. The van der Waals surface area contributed by atoms with E-state index in [1.807, 2.05) is 29.6 Å². The topological polar surface area (TPSA) is 17.1 Å². The quantitative estimate of drug-likeness (QED) is 0.440. The first-order chi connectivity index (χ1) is 10.9. The predicted molar refractivity (Wildman–Crippen MR) is 99.4 cm³/mol. The fourth-order valence-electron chi connectivity index (χ4n) is 2.14. The molecule has 0 saturated heterocycles. The SMILES string of the molecule is O=CC[C@H](CCSCc1ccccc1)SCc1ccccc1. The minimum atomic E-state index is 0.431. The molecule has 0 aliphatic carbocycles. The Balaban J connectivity index is 1.68. The van der Waals surface area contributed by atoms with Crippen LogP contribution in [0.2, 0.25) is 0 Å². The molecule has 2 aromatic rings. The second-order valence-corrected chi connectivity index (χ2v) is 7.54. The van der Waals surface area contributed by atoms with Gasteiger partial charge in [-0.2, -0.15) is 23.5 Å². The number of aldehydes is 1. The average molecular weight is 331 g/mol. The Kier molecular flexibility index (Phi) is 8.21. The molecule has 0 bridgehead atoms. The summed E-state index contributed by atoms with van der Waals surface area (Å²) in [5.41, 5.74) is 2.71. The Hall–Kier alpha value is -1.19. The number of rotatable bonds is 10. The van der Waals surface area contributed by atoms with Crippen LogP contribution in [0.5, 0.6) is 0 Å². The zero-order chi connectivity index (χ0) is 15.5. The maximum Gasteiger partial charge on any atom is 0.121 e. The number of hydrogen-bond donors (Lipinski definition) is 0. The summed E-state index contributed by atoms with van der Waals surface area (Å²) < 4.78 is 0. The van der Waals surface area contributed by atoms with E-state index in [4.69, 9.17) is 0 Å². The Morgan fingerprint density at radius 1 is 0.864 bits per heavy atom. The zero-order valence-electron chi connectivity index (χ0n) is 12.7. The Bertz CT molecular complexity index is 528. The first kappa shape index (κ1) is 17.2. The van der Waals surface area contributed by atoms with Crippen molar-refractivity contribution in [2.24, 2.45) is 0 Å². The average Bonchev–Trinajstić information content (AvgIpc) is 2.58. The van der Waals surface area contributed by atoms with E-state index in [0.29, 0.717) is 11.7 Å².